The van der Waals surface area contributed by atoms with Gasteiger partial charge in [0, 0.05) is 15.8 Å². The van der Waals surface area contributed by atoms with E-state index in [0.29, 0.717) is 6.42 Å². The summed E-state index contributed by atoms with van der Waals surface area (Å²) in [5.74, 6) is 0. The molecule has 1 atom stereocenters. The van der Waals surface area contributed by atoms with Gasteiger partial charge >= 0.3 is 0 Å². The summed E-state index contributed by atoms with van der Waals surface area (Å²) in [6, 6.07) is 11.8. The third kappa shape index (κ3) is 2.68. The fourth-order valence-electron chi connectivity index (χ4n) is 1.44. The number of hydrogen-bond acceptors (Lipinski definition) is 2. The highest BCUT2D eigenvalue weighted by Gasteiger charge is 2.10. The van der Waals surface area contributed by atoms with Crippen molar-refractivity contribution < 1.29 is 5.11 Å². The van der Waals surface area contributed by atoms with Gasteiger partial charge in [0.15, 0.2) is 0 Å². The zero-order valence-corrected chi connectivity index (χ0v) is 10.5. The van der Waals surface area contributed by atoms with Gasteiger partial charge in [-0.1, -0.05) is 30.3 Å². The molecule has 0 radical (unpaired) electrons. The maximum atomic E-state index is 10.0. The van der Waals surface area contributed by atoms with Gasteiger partial charge in [0.05, 0.1) is 6.10 Å². The number of rotatable bonds is 3. The van der Waals surface area contributed by atoms with E-state index in [1.807, 2.05) is 41.8 Å². The van der Waals surface area contributed by atoms with Crippen LogP contribution in [0.1, 0.15) is 16.5 Å². The fraction of sp³-hybridized carbons (Fsp3) is 0.167. The van der Waals surface area contributed by atoms with Crippen LogP contribution in [0.25, 0.3) is 0 Å². The Morgan fingerprint density at radius 3 is 2.53 bits per heavy atom. The molecule has 1 unspecified atom stereocenters. The van der Waals surface area contributed by atoms with Crippen LogP contribution in [0.5, 0.6) is 0 Å². The van der Waals surface area contributed by atoms with E-state index in [4.69, 9.17) is 0 Å². The first-order chi connectivity index (χ1) is 7.27. The molecule has 1 N–H and O–H groups in total. The lowest BCUT2D eigenvalue weighted by Gasteiger charge is -2.09. The first kappa shape index (κ1) is 10.9. The molecule has 78 valence electrons. The molecule has 1 heterocycles. The van der Waals surface area contributed by atoms with Crippen LogP contribution in [0.4, 0.5) is 0 Å². The lowest BCUT2D eigenvalue weighted by molar-refractivity contribution is 0.179. The minimum Gasteiger partial charge on any atom is -0.388 e. The van der Waals surface area contributed by atoms with Gasteiger partial charge in [-0.15, -0.1) is 11.3 Å². The number of thiophene rings is 1. The second-order valence-corrected chi connectivity index (χ2v) is 5.18. The topological polar surface area (TPSA) is 20.2 Å². The van der Waals surface area contributed by atoms with Crippen molar-refractivity contribution in [3.8, 4) is 0 Å². The van der Waals surface area contributed by atoms with Crippen LogP contribution < -0.4 is 0 Å². The molecule has 0 bridgehead atoms. The first-order valence-electron chi connectivity index (χ1n) is 4.72. The van der Waals surface area contributed by atoms with E-state index >= 15 is 0 Å². The van der Waals surface area contributed by atoms with Crippen LogP contribution in [0.15, 0.2) is 46.3 Å². The van der Waals surface area contributed by atoms with Crippen molar-refractivity contribution in [2.75, 3.05) is 0 Å². The molecule has 0 spiro atoms. The number of aliphatic hydroxyl groups is 1. The van der Waals surface area contributed by atoms with Crippen molar-refractivity contribution in [2.24, 2.45) is 0 Å². The summed E-state index contributed by atoms with van der Waals surface area (Å²) < 4.78 is 1.09. The maximum Gasteiger partial charge on any atom is 0.0838 e. The zero-order valence-electron chi connectivity index (χ0n) is 8.06. The number of halogens is 1. The second-order valence-electron chi connectivity index (χ2n) is 3.32. The normalized spacial score (nSPS) is 12.7. The number of aliphatic hydroxyl groups excluding tert-OH is 1. The summed E-state index contributed by atoms with van der Waals surface area (Å²) in [5.41, 5.74) is 0.970. The third-order valence-corrected chi connectivity index (χ3v) is 4.20. The lowest BCUT2D eigenvalue weighted by atomic mass is 10.1. The van der Waals surface area contributed by atoms with Crippen LogP contribution in [0, 0.1) is 0 Å². The zero-order chi connectivity index (χ0) is 10.7. The largest absolute Gasteiger partial charge is 0.388 e. The predicted octanol–water partition coefficient (Wildman–Crippen LogP) is 3.79. The van der Waals surface area contributed by atoms with Crippen LogP contribution >= 0.6 is 27.3 Å². The Kier molecular flexibility index (Phi) is 3.57. The minimum absolute atomic E-state index is 0.416. The van der Waals surface area contributed by atoms with Crippen molar-refractivity contribution in [1.82, 2.24) is 0 Å². The molecule has 2 rings (SSSR count). The fourth-order valence-corrected chi connectivity index (χ4v) is 2.99. The SMILES string of the molecule is OC(Cc1sccc1Br)c1ccccc1. The molecule has 15 heavy (non-hydrogen) atoms. The van der Waals surface area contributed by atoms with Gasteiger partial charge in [-0.25, -0.2) is 0 Å². The molecule has 0 aliphatic carbocycles. The van der Waals surface area contributed by atoms with E-state index in [-0.39, 0.29) is 0 Å². The van der Waals surface area contributed by atoms with Crippen molar-refractivity contribution in [2.45, 2.75) is 12.5 Å². The summed E-state index contributed by atoms with van der Waals surface area (Å²) in [4.78, 5) is 1.19. The van der Waals surface area contributed by atoms with E-state index in [9.17, 15) is 5.11 Å². The number of benzene rings is 1. The molecular formula is C12H11BrOS. The van der Waals surface area contributed by atoms with Crippen LogP contribution in [-0.4, -0.2) is 5.11 Å². The molecule has 0 aliphatic rings. The third-order valence-electron chi connectivity index (χ3n) is 2.25. The second kappa shape index (κ2) is 4.92. The molecule has 2 aromatic rings. The van der Waals surface area contributed by atoms with E-state index in [0.717, 1.165) is 10.0 Å². The molecule has 3 heteroatoms. The molecule has 1 nitrogen and oxygen atoms in total. The van der Waals surface area contributed by atoms with Gasteiger partial charge in [0.25, 0.3) is 0 Å². The molecule has 0 saturated carbocycles. The Bertz CT molecular complexity index is 424. The smallest absolute Gasteiger partial charge is 0.0838 e. The quantitative estimate of drug-likeness (QED) is 0.908. The van der Waals surface area contributed by atoms with Crippen LogP contribution in [0.2, 0.25) is 0 Å². The average Bonchev–Trinajstić information content (AvgIpc) is 2.66. The van der Waals surface area contributed by atoms with Gasteiger partial charge in [0.1, 0.15) is 0 Å². The summed E-state index contributed by atoms with van der Waals surface area (Å²) in [6.07, 6.45) is 0.253. The van der Waals surface area contributed by atoms with Gasteiger partial charge in [-0.3, -0.25) is 0 Å². The maximum absolute atomic E-state index is 10.0. The van der Waals surface area contributed by atoms with Gasteiger partial charge in [-0.05, 0) is 32.9 Å². The Hall–Kier alpha value is -0.640. The van der Waals surface area contributed by atoms with E-state index in [1.165, 1.54) is 4.88 Å². The number of hydrogen-bond donors (Lipinski definition) is 1. The highest BCUT2D eigenvalue weighted by molar-refractivity contribution is 9.10. The van der Waals surface area contributed by atoms with Crippen molar-refractivity contribution in [3.05, 3.63) is 56.7 Å². The van der Waals surface area contributed by atoms with E-state index in [1.54, 1.807) is 11.3 Å². The molecule has 1 aromatic carbocycles. The predicted molar refractivity (Wildman–Crippen MR) is 67.1 cm³/mol. The molecule has 1 aromatic heterocycles. The van der Waals surface area contributed by atoms with E-state index < -0.39 is 6.10 Å². The van der Waals surface area contributed by atoms with Crippen molar-refractivity contribution in [1.29, 1.82) is 0 Å². The minimum atomic E-state index is -0.416. The Morgan fingerprint density at radius 1 is 1.20 bits per heavy atom. The molecular weight excluding hydrogens is 272 g/mol. The van der Waals surface area contributed by atoms with Gasteiger partial charge in [-0.2, -0.15) is 0 Å². The molecule has 0 fully saturated rings. The summed E-state index contributed by atoms with van der Waals surface area (Å²) >= 11 is 5.13. The Balaban J connectivity index is 2.11. The highest BCUT2D eigenvalue weighted by Crippen LogP contribution is 2.27. The van der Waals surface area contributed by atoms with Crippen LogP contribution in [-0.2, 0) is 6.42 Å². The van der Waals surface area contributed by atoms with Crippen molar-refractivity contribution >= 4 is 27.3 Å². The molecule has 0 aliphatic heterocycles. The highest BCUT2D eigenvalue weighted by atomic mass is 79.9. The van der Waals surface area contributed by atoms with Crippen LogP contribution in [0.3, 0.4) is 0 Å². The van der Waals surface area contributed by atoms with Crippen molar-refractivity contribution in [3.63, 3.8) is 0 Å². The standard InChI is InChI=1S/C12H11BrOS/c13-10-6-7-15-12(10)8-11(14)9-4-2-1-3-5-9/h1-7,11,14H,8H2. The first-order valence-corrected chi connectivity index (χ1v) is 6.39. The lowest BCUT2D eigenvalue weighted by Crippen LogP contribution is -2.00. The van der Waals surface area contributed by atoms with Gasteiger partial charge in [0.2, 0.25) is 0 Å². The Labute approximate surface area is 102 Å². The monoisotopic (exact) mass is 282 g/mol. The summed E-state index contributed by atoms with van der Waals surface area (Å²) in [7, 11) is 0. The average molecular weight is 283 g/mol. The Morgan fingerprint density at radius 2 is 1.93 bits per heavy atom. The molecule has 0 saturated heterocycles. The van der Waals surface area contributed by atoms with Gasteiger partial charge < -0.3 is 5.11 Å². The van der Waals surface area contributed by atoms with E-state index in [2.05, 4.69) is 15.9 Å². The molecule has 0 amide bonds. The summed E-state index contributed by atoms with van der Waals surface area (Å²) in [5, 5.41) is 12.0. The summed E-state index contributed by atoms with van der Waals surface area (Å²) in [6.45, 7) is 0.